The lowest BCUT2D eigenvalue weighted by molar-refractivity contribution is -0.137. The molecule has 1 aliphatic rings. The molecule has 0 aliphatic heterocycles. The summed E-state index contributed by atoms with van der Waals surface area (Å²) in [5.74, 6) is -0.396. The van der Waals surface area contributed by atoms with E-state index in [0.717, 1.165) is 51.4 Å². The van der Waals surface area contributed by atoms with Crippen LogP contribution in [0.4, 0.5) is 0 Å². The van der Waals surface area contributed by atoms with Gasteiger partial charge in [-0.1, -0.05) is 69.6 Å². The van der Waals surface area contributed by atoms with Crippen molar-refractivity contribution in [3.63, 3.8) is 0 Å². The summed E-state index contributed by atoms with van der Waals surface area (Å²) in [7, 11) is 0. The van der Waals surface area contributed by atoms with Crippen LogP contribution in [0.15, 0.2) is 36.0 Å². The highest BCUT2D eigenvalue weighted by atomic mass is 16.4. The lowest BCUT2D eigenvalue weighted by Crippen LogP contribution is -2.19. The number of carboxylic acid groups (broad SMARTS) is 1. The van der Waals surface area contributed by atoms with E-state index < -0.39 is 5.97 Å². The maximum atomic E-state index is 10.5. The lowest BCUT2D eigenvalue weighted by atomic mass is 9.82. The summed E-state index contributed by atoms with van der Waals surface area (Å²) in [5.41, 5.74) is 1.58. The standard InChI is InChI=1S/C22H36O3/c1-4-16-22(2,3)17-20(23)15-14-19-12-9-11-18(19)10-7-5-6-8-13-21(24)25/h9-10,12,14-15,19-20,23H,4-8,11,13,16-17H2,1-3H3,(H,24,25). The van der Waals surface area contributed by atoms with Gasteiger partial charge in [-0.2, -0.15) is 0 Å². The molecule has 0 heterocycles. The smallest absolute Gasteiger partial charge is 0.303 e. The summed E-state index contributed by atoms with van der Waals surface area (Å²) in [6, 6.07) is 0. The molecule has 2 unspecified atom stereocenters. The molecule has 0 saturated carbocycles. The molecule has 0 radical (unpaired) electrons. The minimum Gasteiger partial charge on any atom is -0.481 e. The van der Waals surface area contributed by atoms with E-state index >= 15 is 0 Å². The number of hydrogen-bond donors (Lipinski definition) is 2. The fourth-order valence-electron chi connectivity index (χ4n) is 3.56. The highest BCUT2D eigenvalue weighted by molar-refractivity contribution is 5.66. The van der Waals surface area contributed by atoms with E-state index in [0.29, 0.717) is 5.92 Å². The van der Waals surface area contributed by atoms with E-state index in [1.807, 2.05) is 6.08 Å². The zero-order valence-electron chi connectivity index (χ0n) is 16.2. The maximum absolute atomic E-state index is 10.5. The van der Waals surface area contributed by atoms with Gasteiger partial charge < -0.3 is 10.2 Å². The molecule has 0 aromatic carbocycles. The van der Waals surface area contributed by atoms with Crippen molar-refractivity contribution in [2.45, 2.75) is 84.7 Å². The number of aliphatic hydroxyl groups excluding tert-OH is 1. The van der Waals surface area contributed by atoms with Crippen molar-refractivity contribution in [1.82, 2.24) is 0 Å². The second-order valence-electron chi connectivity index (χ2n) is 8.00. The first-order chi connectivity index (χ1) is 11.8. The molecule has 0 aromatic rings. The minimum absolute atomic E-state index is 0.179. The zero-order chi connectivity index (χ0) is 18.7. The van der Waals surface area contributed by atoms with E-state index in [1.54, 1.807) is 0 Å². The first kappa shape index (κ1) is 21.7. The molecule has 0 amide bonds. The summed E-state index contributed by atoms with van der Waals surface area (Å²) in [6.07, 6.45) is 18.5. The lowest BCUT2D eigenvalue weighted by Gasteiger charge is -2.25. The van der Waals surface area contributed by atoms with Gasteiger partial charge in [-0.25, -0.2) is 0 Å². The SMILES string of the molecule is CCCC(C)(C)CC(O)C=CC1C=CCC1=CCCCCCC(=O)O. The number of aliphatic carboxylic acids is 1. The third-order valence-electron chi connectivity index (χ3n) is 4.86. The van der Waals surface area contributed by atoms with Gasteiger partial charge in [0.15, 0.2) is 0 Å². The number of allylic oxidation sites excluding steroid dienone is 5. The fourth-order valence-corrected chi connectivity index (χ4v) is 3.56. The van der Waals surface area contributed by atoms with E-state index in [1.165, 1.54) is 5.57 Å². The first-order valence-electron chi connectivity index (χ1n) is 9.78. The number of aliphatic hydroxyl groups is 1. The van der Waals surface area contributed by atoms with E-state index in [2.05, 4.69) is 45.1 Å². The summed E-state index contributed by atoms with van der Waals surface area (Å²) < 4.78 is 0. The minimum atomic E-state index is -0.704. The fraction of sp³-hybridized carbons (Fsp3) is 0.682. The van der Waals surface area contributed by atoms with Crippen LogP contribution < -0.4 is 0 Å². The summed E-state index contributed by atoms with van der Waals surface area (Å²) >= 11 is 0. The van der Waals surface area contributed by atoms with E-state index in [9.17, 15) is 9.90 Å². The van der Waals surface area contributed by atoms with Gasteiger partial charge in [0.25, 0.3) is 0 Å². The van der Waals surface area contributed by atoms with Gasteiger partial charge in [0.2, 0.25) is 0 Å². The molecular formula is C22H36O3. The van der Waals surface area contributed by atoms with Gasteiger partial charge in [-0.3, -0.25) is 4.79 Å². The average Bonchev–Trinajstić information content (AvgIpc) is 2.95. The predicted molar refractivity (Wildman–Crippen MR) is 105 cm³/mol. The number of rotatable bonds is 12. The van der Waals surface area contributed by atoms with Gasteiger partial charge >= 0.3 is 5.97 Å². The van der Waals surface area contributed by atoms with Gasteiger partial charge in [-0.15, -0.1) is 0 Å². The highest BCUT2D eigenvalue weighted by Crippen LogP contribution is 2.30. The van der Waals surface area contributed by atoms with E-state index in [4.69, 9.17) is 5.11 Å². The van der Waals surface area contributed by atoms with Crippen molar-refractivity contribution in [2.75, 3.05) is 0 Å². The molecule has 0 aromatic heterocycles. The molecule has 3 heteroatoms. The zero-order valence-corrected chi connectivity index (χ0v) is 16.2. The van der Waals surface area contributed by atoms with Crippen molar-refractivity contribution >= 4 is 5.97 Å². The van der Waals surface area contributed by atoms with Crippen LogP contribution in [0.5, 0.6) is 0 Å². The van der Waals surface area contributed by atoms with Crippen molar-refractivity contribution in [3.05, 3.63) is 36.0 Å². The van der Waals surface area contributed by atoms with Crippen LogP contribution in [-0.4, -0.2) is 22.3 Å². The number of hydrogen-bond acceptors (Lipinski definition) is 2. The van der Waals surface area contributed by atoms with Crippen LogP contribution >= 0.6 is 0 Å². The normalized spacial score (nSPS) is 20.6. The van der Waals surface area contributed by atoms with Crippen molar-refractivity contribution in [3.8, 4) is 0 Å². The predicted octanol–water partition coefficient (Wildman–Crippen LogP) is 5.66. The van der Waals surface area contributed by atoms with Crippen LogP contribution in [-0.2, 0) is 4.79 Å². The Kier molecular flexibility index (Phi) is 9.81. The molecule has 1 rings (SSSR count). The Labute approximate surface area is 153 Å². The quantitative estimate of drug-likeness (QED) is 0.353. The van der Waals surface area contributed by atoms with Crippen molar-refractivity contribution in [2.24, 2.45) is 11.3 Å². The van der Waals surface area contributed by atoms with Gasteiger partial charge in [0, 0.05) is 12.3 Å². The Balaban J connectivity index is 2.39. The van der Waals surface area contributed by atoms with Crippen LogP contribution in [0.1, 0.15) is 78.6 Å². The molecule has 0 bridgehead atoms. The number of unbranched alkanes of at least 4 members (excludes halogenated alkanes) is 3. The molecular weight excluding hydrogens is 312 g/mol. The molecule has 2 atom stereocenters. The van der Waals surface area contributed by atoms with Gasteiger partial charge in [0.1, 0.15) is 0 Å². The summed E-state index contributed by atoms with van der Waals surface area (Å²) in [5, 5.41) is 18.9. The average molecular weight is 349 g/mol. The topological polar surface area (TPSA) is 57.5 Å². The molecule has 25 heavy (non-hydrogen) atoms. The Morgan fingerprint density at radius 1 is 1.36 bits per heavy atom. The molecule has 2 N–H and O–H groups in total. The monoisotopic (exact) mass is 348 g/mol. The molecule has 0 spiro atoms. The molecule has 0 fully saturated rings. The largest absolute Gasteiger partial charge is 0.481 e. The number of carbonyl (C=O) groups is 1. The molecule has 3 nitrogen and oxygen atoms in total. The van der Waals surface area contributed by atoms with Gasteiger partial charge in [-0.05, 0) is 43.9 Å². The maximum Gasteiger partial charge on any atom is 0.303 e. The molecule has 142 valence electrons. The Morgan fingerprint density at radius 2 is 2.12 bits per heavy atom. The summed E-state index contributed by atoms with van der Waals surface area (Å²) in [6.45, 7) is 6.63. The van der Waals surface area contributed by atoms with Crippen molar-refractivity contribution in [1.29, 1.82) is 0 Å². The summed E-state index contributed by atoms with van der Waals surface area (Å²) in [4.78, 5) is 10.5. The van der Waals surface area contributed by atoms with Crippen LogP contribution in [0, 0.1) is 11.3 Å². The first-order valence-corrected chi connectivity index (χ1v) is 9.78. The van der Waals surface area contributed by atoms with Crippen LogP contribution in [0.3, 0.4) is 0 Å². The molecule has 1 aliphatic carbocycles. The number of carboxylic acids is 1. The van der Waals surface area contributed by atoms with Crippen LogP contribution in [0.25, 0.3) is 0 Å². The van der Waals surface area contributed by atoms with Gasteiger partial charge in [0.05, 0.1) is 6.10 Å². The van der Waals surface area contributed by atoms with E-state index in [-0.39, 0.29) is 17.9 Å². The highest BCUT2D eigenvalue weighted by Gasteiger charge is 2.20. The second kappa shape index (κ2) is 11.3. The molecule has 0 saturated heterocycles. The Bertz CT molecular complexity index is 486. The van der Waals surface area contributed by atoms with Crippen molar-refractivity contribution < 1.29 is 15.0 Å². The third kappa shape index (κ3) is 9.64. The van der Waals surface area contributed by atoms with Crippen LogP contribution in [0.2, 0.25) is 0 Å². The Morgan fingerprint density at radius 3 is 2.80 bits per heavy atom. The second-order valence-corrected chi connectivity index (χ2v) is 8.00. The third-order valence-corrected chi connectivity index (χ3v) is 4.86. The Hall–Kier alpha value is -1.35.